The van der Waals surface area contributed by atoms with Crippen LogP contribution in [0.1, 0.15) is 31.9 Å². The molecule has 6 heteroatoms. The summed E-state index contributed by atoms with van der Waals surface area (Å²) in [7, 11) is 0. The number of rotatable bonds is 1. The lowest BCUT2D eigenvalue weighted by atomic mass is 10.2. The van der Waals surface area contributed by atoms with Gasteiger partial charge in [-0.25, -0.2) is 4.79 Å². The van der Waals surface area contributed by atoms with Crippen molar-refractivity contribution in [3.63, 3.8) is 0 Å². The Balaban J connectivity index is 0.000000293. The predicted octanol–water partition coefficient (Wildman–Crippen LogP) is 4.33. The van der Waals surface area contributed by atoms with E-state index in [0.717, 1.165) is 5.56 Å². The van der Waals surface area contributed by atoms with E-state index >= 15 is 0 Å². The largest absolute Gasteiger partial charge is 0.508 e. The van der Waals surface area contributed by atoms with Gasteiger partial charge in [0.15, 0.2) is 0 Å². The van der Waals surface area contributed by atoms with Gasteiger partial charge < -0.3 is 20.7 Å². The molecule has 0 atom stereocenters. The third-order valence-corrected chi connectivity index (χ3v) is 3.29. The van der Waals surface area contributed by atoms with Crippen molar-refractivity contribution in [2.75, 3.05) is 11.1 Å². The first kappa shape index (κ1) is 20.2. The van der Waals surface area contributed by atoms with Crippen molar-refractivity contribution in [3.8, 4) is 11.5 Å². The predicted molar refractivity (Wildman–Crippen MR) is 100.0 cm³/mol. The number of benzene rings is 2. The Morgan fingerprint density at radius 1 is 1.00 bits per heavy atom. The molecule has 0 unspecified atom stereocenters. The van der Waals surface area contributed by atoms with Crippen LogP contribution in [0.3, 0.4) is 0 Å². The second-order valence-corrected chi connectivity index (χ2v) is 6.57. The second kappa shape index (κ2) is 8.28. The Kier molecular flexibility index (Phi) is 6.68. The van der Waals surface area contributed by atoms with E-state index in [0.29, 0.717) is 16.9 Å². The van der Waals surface area contributed by atoms with Gasteiger partial charge in [0.1, 0.15) is 17.1 Å². The van der Waals surface area contributed by atoms with Crippen molar-refractivity contribution >= 4 is 17.5 Å². The quantitative estimate of drug-likeness (QED) is 0.575. The highest BCUT2D eigenvalue weighted by Gasteiger charge is 2.17. The normalized spacial score (nSPS) is 10.4. The van der Waals surface area contributed by atoms with E-state index in [9.17, 15) is 9.90 Å². The number of nitrogens with one attached hydrogen (secondary N) is 1. The van der Waals surface area contributed by atoms with Crippen LogP contribution in [0.15, 0.2) is 36.4 Å². The summed E-state index contributed by atoms with van der Waals surface area (Å²) in [6.07, 6.45) is -0.527. The van der Waals surface area contributed by atoms with Crippen molar-refractivity contribution in [2.24, 2.45) is 0 Å². The number of anilines is 2. The fraction of sp³-hybridized carbons (Fsp3) is 0.316. The number of carbonyl (C=O) groups is 1. The molecule has 0 heterocycles. The molecule has 2 aromatic rings. The van der Waals surface area contributed by atoms with Gasteiger partial charge in [0.25, 0.3) is 0 Å². The number of amides is 1. The molecule has 6 nitrogen and oxygen atoms in total. The number of nitrogens with two attached hydrogens (primary N) is 1. The zero-order valence-electron chi connectivity index (χ0n) is 15.3. The third kappa shape index (κ3) is 6.63. The fourth-order valence-electron chi connectivity index (χ4n) is 1.81. The van der Waals surface area contributed by atoms with Gasteiger partial charge in [0.2, 0.25) is 0 Å². The van der Waals surface area contributed by atoms with Crippen LogP contribution < -0.4 is 11.1 Å². The number of nitrogen functional groups attached to an aromatic ring is 1. The summed E-state index contributed by atoms with van der Waals surface area (Å²) in [6.45, 7) is 8.89. The number of hydrogen-bond acceptors (Lipinski definition) is 5. The van der Waals surface area contributed by atoms with E-state index in [1.807, 2.05) is 0 Å². The van der Waals surface area contributed by atoms with Crippen LogP contribution in [0.5, 0.6) is 11.5 Å². The summed E-state index contributed by atoms with van der Waals surface area (Å²) in [5.41, 5.74) is 7.48. The van der Waals surface area contributed by atoms with E-state index in [2.05, 4.69) is 5.32 Å². The molecule has 0 saturated carbocycles. The second-order valence-electron chi connectivity index (χ2n) is 6.57. The Morgan fingerprint density at radius 2 is 1.52 bits per heavy atom. The molecule has 0 saturated heterocycles. The van der Waals surface area contributed by atoms with E-state index in [4.69, 9.17) is 15.6 Å². The number of aromatic hydroxyl groups is 2. The summed E-state index contributed by atoms with van der Waals surface area (Å²) < 4.78 is 5.10. The topological polar surface area (TPSA) is 105 Å². The molecule has 0 aliphatic rings. The molecule has 2 aromatic carbocycles. The molecule has 0 spiro atoms. The highest BCUT2D eigenvalue weighted by molar-refractivity contribution is 5.86. The summed E-state index contributed by atoms with van der Waals surface area (Å²) in [4.78, 5) is 11.5. The lowest BCUT2D eigenvalue weighted by Crippen LogP contribution is -2.27. The summed E-state index contributed by atoms with van der Waals surface area (Å²) in [5.74, 6) is 0.406. The SMILES string of the molecule is Cc1c(N)cccc1O.Cc1c(O)cccc1NC(=O)OC(C)(C)C. The summed E-state index contributed by atoms with van der Waals surface area (Å²) in [6, 6.07) is 10.0. The van der Waals surface area contributed by atoms with E-state index in [1.165, 1.54) is 0 Å². The van der Waals surface area contributed by atoms with Crippen LogP contribution in [0.4, 0.5) is 16.2 Å². The van der Waals surface area contributed by atoms with Gasteiger partial charge in [-0.2, -0.15) is 0 Å². The van der Waals surface area contributed by atoms with Crippen LogP contribution >= 0.6 is 0 Å². The Bertz CT molecular complexity index is 716. The van der Waals surface area contributed by atoms with Crippen molar-refractivity contribution in [1.82, 2.24) is 0 Å². The molecule has 0 aliphatic carbocycles. The molecule has 1 amide bonds. The molecule has 0 radical (unpaired) electrons. The average Bonchev–Trinajstić information content (AvgIpc) is 2.48. The standard InChI is InChI=1S/C12H17NO3.C7H9NO/c1-8-9(6-5-7-10(8)14)13-11(15)16-12(2,3)4;1-5-6(8)3-2-4-7(5)9/h5-7,14H,1-4H3,(H,13,15);2-4,9H,8H2,1H3. The van der Waals surface area contributed by atoms with Crippen LogP contribution in [-0.2, 0) is 4.74 Å². The molecule has 25 heavy (non-hydrogen) atoms. The molecule has 0 aromatic heterocycles. The zero-order chi connectivity index (χ0) is 19.2. The lowest BCUT2D eigenvalue weighted by Gasteiger charge is -2.20. The van der Waals surface area contributed by atoms with Gasteiger partial charge >= 0.3 is 6.09 Å². The minimum Gasteiger partial charge on any atom is -0.508 e. The molecule has 0 bridgehead atoms. The molecular weight excluding hydrogens is 320 g/mol. The average molecular weight is 346 g/mol. The van der Waals surface area contributed by atoms with E-state index in [1.54, 1.807) is 71.0 Å². The third-order valence-electron chi connectivity index (χ3n) is 3.29. The molecule has 2 rings (SSSR count). The lowest BCUT2D eigenvalue weighted by molar-refractivity contribution is 0.0636. The van der Waals surface area contributed by atoms with Crippen molar-refractivity contribution in [1.29, 1.82) is 0 Å². The van der Waals surface area contributed by atoms with Crippen molar-refractivity contribution in [2.45, 2.75) is 40.2 Å². The first-order chi connectivity index (χ1) is 11.5. The van der Waals surface area contributed by atoms with Crippen LogP contribution in [0.2, 0.25) is 0 Å². The fourth-order valence-corrected chi connectivity index (χ4v) is 1.81. The van der Waals surface area contributed by atoms with Gasteiger partial charge in [-0.1, -0.05) is 12.1 Å². The summed E-state index contributed by atoms with van der Waals surface area (Å²) in [5, 5.41) is 21.1. The molecular formula is C19H26N2O4. The summed E-state index contributed by atoms with van der Waals surface area (Å²) >= 11 is 0. The smallest absolute Gasteiger partial charge is 0.412 e. The number of hydrogen-bond donors (Lipinski definition) is 4. The van der Waals surface area contributed by atoms with Gasteiger partial charge in [-0.15, -0.1) is 0 Å². The maximum absolute atomic E-state index is 11.5. The van der Waals surface area contributed by atoms with Crippen LogP contribution in [-0.4, -0.2) is 21.9 Å². The highest BCUT2D eigenvalue weighted by atomic mass is 16.6. The minimum absolute atomic E-state index is 0.147. The van der Waals surface area contributed by atoms with Gasteiger partial charge in [0, 0.05) is 16.8 Å². The van der Waals surface area contributed by atoms with E-state index in [-0.39, 0.29) is 11.5 Å². The van der Waals surface area contributed by atoms with E-state index < -0.39 is 11.7 Å². The van der Waals surface area contributed by atoms with Gasteiger partial charge in [0.05, 0.1) is 5.69 Å². The van der Waals surface area contributed by atoms with Crippen molar-refractivity contribution < 1.29 is 19.7 Å². The molecule has 136 valence electrons. The molecule has 5 N–H and O–H groups in total. The van der Waals surface area contributed by atoms with Gasteiger partial charge in [-0.05, 0) is 58.9 Å². The number of carbonyl (C=O) groups excluding carboxylic acids is 1. The maximum atomic E-state index is 11.5. The Hall–Kier alpha value is -2.89. The minimum atomic E-state index is -0.533. The molecule has 0 aliphatic heterocycles. The zero-order valence-corrected chi connectivity index (χ0v) is 15.3. The first-order valence-corrected chi connectivity index (χ1v) is 7.84. The molecule has 0 fully saturated rings. The number of phenolic OH excluding ortho intramolecular Hbond substituents is 2. The van der Waals surface area contributed by atoms with Gasteiger partial charge in [-0.3, -0.25) is 5.32 Å². The van der Waals surface area contributed by atoms with Crippen molar-refractivity contribution in [3.05, 3.63) is 47.5 Å². The Labute approximate surface area is 148 Å². The highest BCUT2D eigenvalue weighted by Crippen LogP contribution is 2.24. The monoisotopic (exact) mass is 346 g/mol. The first-order valence-electron chi connectivity index (χ1n) is 7.84. The number of phenols is 2. The maximum Gasteiger partial charge on any atom is 0.412 e. The van der Waals surface area contributed by atoms with Crippen LogP contribution in [0, 0.1) is 13.8 Å². The number of ether oxygens (including phenoxy) is 1. The van der Waals surface area contributed by atoms with Crippen LogP contribution in [0.25, 0.3) is 0 Å². The Morgan fingerprint density at radius 3 is 2.00 bits per heavy atom.